The molecule has 0 aliphatic carbocycles. The molecule has 1 atom stereocenters. The first kappa shape index (κ1) is 15.9. The number of ether oxygens (including phenoxy) is 1. The predicted octanol–water partition coefficient (Wildman–Crippen LogP) is 1.36. The van der Waals surface area contributed by atoms with E-state index in [4.69, 9.17) is 4.74 Å². The zero-order valence-electron chi connectivity index (χ0n) is 13.2. The van der Waals surface area contributed by atoms with Crippen LogP contribution < -0.4 is 5.32 Å². The highest BCUT2D eigenvalue weighted by Gasteiger charge is 2.24. The molecule has 2 rings (SSSR count). The van der Waals surface area contributed by atoms with Crippen molar-refractivity contribution in [2.24, 2.45) is 5.92 Å². The largest absolute Gasteiger partial charge is 0.467 e. The molecule has 0 spiro atoms. The number of amides is 1. The highest BCUT2D eigenvalue weighted by atomic mass is 16.5. The van der Waals surface area contributed by atoms with Gasteiger partial charge in [-0.3, -0.25) is 4.79 Å². The van der Waals surface area contributed by atoms with E-state index in [2.05, 4.69) is 15.4 Å². The third-order valence-corrected chi connectivity index (χ3v) is 3.25. The average molecular weight is 304 g/mol. The minimum atomic E-state index is -0.683. The molecule has 1 N–H and O–H groups in total. The molecule has 22 heavy (non-hydrogen) atoms. The molecule has 0 bridgehead atoms. The topological polar surface area (TPSA) is 85.6 Å². The number of methoxy groups -OCH3 is 1. The van der Waals surface area contributed by atoms with Gasteiger partial charge in [0.15, 0.2) is 5.65 Å². The van der Waals surface area contributed by atoms with Crippen LogP contribution >= 0.6 is 0 Å². The van der Waals surface area contributed by atoms with Gasteiger partial charge in [0, 0.05) is 11.9 Å². The lowest BCUT2D eigenvalue weighted by atomic mass is 10.0. The van der Waals surface area contributed by atoms with Gasteiger partial charge in [-0.15, -0.1) is 0 Å². The summed E-state index contributed by atoms with van der Waals surface area (Å²) in [6.45, 7) is 5.79. The van der Waals surface area contributed by atoms with Crippen LogP contribution in [0.15, 0.2) is 18.5 Å². The molecule has 1 unspecified atom stereocenters. The van der Waals surface area contributed by atoms with Crippen molar-refractivity contribution in [2.45, 2.75) is 33.2 Å². The molecule has 0 aromatic carbocycles. The summed E-state index contributed by atoms with van der Waals surface area (Å²) in [6, 6.07) is 1.12. The Morgan fingerprint density at radius 3 is 2.77 bits per heavy atom. The quantitative estimate of drug-likeness (QED) is 0.843. The summed E-state index contributed by atoms with van der Waals surface area (Å²) in [5.41, 5.74) is 1.58. The van der Waals surface area contributed by atoms with Crippen LogP contribution in [0.1, 0.15) is 36.3 Å². The maximum Gasteiger partial charge on any atom is 0.328 e. The van der Waals surface area contributed by atoms with Crippen molar-refractivity contribution in [1.29, 1.82) is 0 Å². The van der Waals surface area contributed by atoms with Crippen LogP contribution in [0.5, 0.6) is 0 Å². The third kappa shape index (κ3) is 3.41. The number of aromatic nitrogens is 3. The second kappa shape index (κ2) is 6.55. The highest BCUT2D eigenvalue weighted by molar-refractivity contribution is 6.01. The van der Waals surface area contributed by atoms with Crippen molar-refractivity contribution >= 4 is 17.5 Å². The monoisotopic (exact) mass is 304 g/mol. The number of hydrogen-bond acceptors (Lipinski definition) is 5. The van der Waals surface area contributed by atoms with Crippen molar-refractivity contribution in [3.63, 3.8) is 0 Å². The first-order valence-electron chi connectivity index (χ1n) is 7.12. The first-order valence-corrected chi connectivity index (χ1v) is 7.12. The van der Waals surface area contributed by atoms with E-state index in [1.54, 1.807) is 12.3 Å². The van der Waals surface area contributed by atoms with Crippen LogP contribution in [0, 0.1) is 12.8 Å². The summed E-state index contributed by atoms with van der Waals surface area (Å²) in [5.74, 6) is -0.597. The minimum Gasteiger partial charge on any atom is -0.467 e. The van der Waals surface area contributed by atoms with Crippen molar-refractivity contribution in [1.82, 2.24) is 19.9 Å². The second-order valence-corrected chi connectivity index (χ2v) is 5.57. The highest BCUT2D eigenvalue weighted by Crippen LogP contribution is 2.11. The molecular weight excluding hydrogens is 284 g/mol. The molecule has 2 aromatic rings. The van der Waals surface area contributed by atoms with Crippen molar-refractivity contribution in [3.05, 3.63) is 29.7 Å². The molecule has 0 aliphatic heterocycles. The summed E-state index contributed by atoms with van der Waals surface area (Å²) < 4.78 is 6.27. The van der Waals surface area contributed by atoms with E-state index in [-0.39, 0.29) is 11.8 Å². The Kier molecular flexibility index (Phi) is 4.75. The van der Waals surface area contributed by atoms with Gasteiger partial charge in [-0.05, 0) is 25.3 Å². The van der Waals surface area contributed by atoms with Crippen LogP contribution in [0.25, 0.3) is 5.65 Å². The van der Waals surface area contributed by atoms with Crippen LogP contribution in [0.4, 0.5) is 0 Å². The van der Waals surface area contributed by atoms with Gasteiger partial charge in [-0.1, -0.05) is 13.8 Å². The van der Waals surface area contributed by atoms with Gasteiger partial charge in [0.1, 0.15) is 11.6 Å². The normalized spacial score (nSPS) is 12.4. The van der Waals surface area contributed by atoms with Gasteiger partial charge in [0.2, 0.25) is 0 Å². The van der Waals surface area contributed by atoms with Gasteiger partial charge in [-0.2, -0.15) is 5.10 Å². The summed E-state index contributed by atoms with van der Waals surface area (Å²) in [7, 11) is 1.31. The van der Waals surface area contributed by atoms with Gasteiger partial charge in [0.25, 0.3) is 5.91 Å². The second-order valence-electron chi connectivity index (χ2n) is 5.57. The molecule has 7 heteroatoms. The molecule has 7 nitrogen and oxygen atoms in total. The Hall–Kier alpha value is -2.44. The number of aryl methyl sites for hydroxylation is 1. The van der Waals surface area contributed by atoms with Gasteiger partial charge in [0.05, 0.1) is 13.3 Å². The van der Waals surface area contributed by atoms with Crippen molar-refractivity contribution in [2.75, 3.05) is 7.11 Å². The summed E-state index contributed by atoms with van der Waals surface area (Å²) in [6.07, 6.45) is 3.69. The Labute approximate surface area is 128 Å². The fourth-order valence-electron chi connectivity index (χ4n) is 2.18. The van der Waals surface area contributed by atoms with Crippen LogP contribution in [0.2, 0.25) is 0 Å². The molecular formula is C15H20N4O3. The van der Waals surface area contributed by atoms with E-state index >= 15 is 0 Å². The summed E-state index contributed by atoms with van der Waals surface area (Å²) in [5, 5.41) is 6.80. The maximum atomic E-state index is 12.4. The average Bonchev–Trinajstić information content (AvgIpc) is 2.88. The van der Waals surface area contributed by atoms with Crippen LogP contribution in [-0.4, -0.2) is 39.6 Å². The molecule has 118 valence electrons. The molecule has 0 saturated heterocycles. The van der Waals surface area contributed by atoms with E-state index in [0.29, 0.717) is 17.6 Å². The third-order valence-electron chi connectivity index (χ3n) is 3.25. The number of nitrogens with zero attached hydrogens (tertiary/aromatic N) is 3. The number of carbonyl (C=O) groups excluding carboxylic acids is 2. The van der Waals surface area contributed by atoms with E-state index in [1.165, 1.54) is 17.8 Å². The van der Waals surface area contributed by atoms with Gasteiger partial charge in [-0.25, -0.2) is 14.3 Å². The van der Waals surface area contributed by atoms with Crippen LogP contribution in [0.3, 0.4) is 0 Å². The fraction of sp³-hybridized carbons (Fsp3) is 0.467. The van der Waals surface area contributed by atoms with E-state index < -0.39 is 12.0 Å². The number of rotatable bonds is 5. The Morgan fingerprint density at radius 2 is 2.14 bits per heavy atom. The zero-order chi connectivity index (χ0) is 16.3. The van der Waals surface area contributed by atoms with Crippen LogP contribution in [-0.2, 0) is 9.53 Å². The Bertz CT molecular complexity index is 693. The van der Waals surface area contributed by atoms with Gasteiger partial charge < -0.3 is 10.1 Å². The first-order chi connectivity index (χ1) is 10.4. The Morgan fingerprint density at radius 1 is 1.41 bits per heavy atom. The molecule has 1 amide bonds. The van der Waals surface area contributed by atoms with Crippen molar-refractivity contribution < 1.29 is 14.3 Å². The number of esters is 1. The molecule has 0 radical (unpaired) electrons. The number of nitrogens with one attached hydrogen (secondary N) is 1. The fourth-order valence-corrected chi connectivity index (χ4v) is 2.18. The molecule has 0 saturated carbocycles. The van der Waals surface area contributed by atoms with E-state index in [0.717, 1.165) is 5.69 Å². The van der Waals surface area contributed by atoms with E-state index in [1.807, 2.05) is 20.8 Å². The number of fused-ring (bicyclic) bond motifs is 1. The standard InChI is InChI=1S/C15H20N4O3/c1-9(2)7-12(15(21)22-4)18-14(20)11-8-16-19-6-5-10(3)17-13(11)19/h5-6,8-9,12H,7H2,1-4H3,(H,18,20). The molecule has 0 aliphatic rings. The molecule has 0 fully saturated rings. The van der Waals surface area contributed by atoms with Crippen molar-refractivity contribution in [3.8, 4) is 0 Å². The lowest BCUT2D eigenvalue weighted by molar-refractivity contribution is -0.143. The number of carbonyl (C=O) groups is 2. The predicted molar refractivity (Wildman–Crippen MR) is 80.4 cm³/mol. The molecule has 2 heterocycles. The smallest absolute Gasteiger partial charge is 0.328 e. The molecule has 2 aromatic heterocycles. The lowest BCUT2D eigenvalue weighted by Crippen LogP contribution is -2.42. The van der Waals surface area contributed by atoms with Gasteiger partial charge >= 0.3 is 5.97 Å². The lowest BCUT2D eigenvalue weighted by Gasteiger charge is -2.17. The van der Waals surface area contributed by atoms with E-state index in [9.17, 15) is 9.59 Å². The number of hydrogen-bond donors (Lipinski definition) is 1. The maximum absolute atomic E-state index is 12.4. The summed E-state index contributed by atoms with van der Waals surface area (Å²) >= 11 is 0. The SMILES string of the molecule is COC(=O)C(CC(C)C)NC(=O)c1cnn2ccc(C)nc12. The summed E-state index contributed by atoms with van der Waals surface area (Å²) in [4.78, 5) is 28.5. The minimum absolute atomic E-state index is 0.244. The zero-order valence-corrected chi connectivity index (χ0v) is 13.2. The Balaban J connectivity index is 2.25.